The Labute approximate surface area is 138 Å². The van der Waals surface area contributed by atoms with Crippen LogP contribution in [-0.4, -0.2) is 12.6 Å². The molecule has 0 aromatic carbocycles. The first-order valence-electron chi connectivity index (χ1n) is 9.56. The molecule has 0 radical (unpaired) electrons. The maximum atomic E-state index is 11.6. The van der Waals surface area contributed by atoms with Gasteiger partial charge in [0, 0.05) is 5.57 Å². The molecule has 0 saturated carbocycles. The number of carbonyl (C=O) groups is 1. The molecule has 0 atom stereocenters. The van der Waals surface area contributed by atoms with E-state index in [1.165, 1.54) is 64.2 Å². The predicted octanol–water partition coefficient (Wildman–Crippen LogP) is 6.59. The first-order valence-corrected chi connectivity index (χ1v) is 9.56. The van der Waals surface area contributed by atoms with Crippen molar-refractivity contribution in [2.75, 3.05) is 6.61 Å². The molecule has 130 valence electrons. The van der Waals surface area contributed by atoms with E-state index in [4.69, 9.17) is 4.74 Å². The zero-order chi connectivity index (χ0) is 16.5. The number of hydrogen-bond donors (Lipinski definition) is 0. The van der Waals surface area contributed by atoms with Gasteiger partial charge in [0.1, 0.15) is 0 Å². The smallest absolute Gasteiger partial charge is 0.333 e. The summed E-state index contributed by atoms with van der Waals surface area (Å²) in [6.07, 6.45) is 18.6. The highest BCUT2D eigenvalue weighted by Crippen LogP contribution is 2.12. The molecule has 0 amide bonds. The molecule has 0 rings (SSSR count). The number of ether oxygens (including phenoxy) is 1. The van der Waals surface area contributed by atoms with Crippen molar-refractivity contribution in [1.29, 1.82) is 0 Å². The summed E-state index contributed by atoms with van der Waals surface area (Å²) >= 11 is 0. The molecule has 0 unspecified atom stereocenters. The van der Waals surface area contributed by atoms with Gasteiger partial charge in [0.2, 0.25) is 0 Å². The Hall–Kier alpha value is -0.790. The van der Waals surface area contributed by atoms with Gasteiger partial charge in [-0.15, -0.1) is 0 Å². The van der Waals surface area contributed by atoms with E-state index in [1.54, 1.807) is 0 Å². The van der Waals surface area contributed by atoms with Gasteiger partial charge in [-0.3, -0.25) is 0 Å². The van der Waals surface area contributed by atoms with Crippen LogP contribution < -0.4 is 0 Å². The van der Waals surface area contributed by atoms with Crippen LogP contribution in [0.4, 0.5) is 0 Å². The summed E-state index contributed by atoms with van der Waals surface area (Å²) in [5, 5.41) is 0. The van der Waals surface area contributed by atoms with Gasteiger partial charge in [0.05, 0.1) is 6.61 Å². The second kappa shape index (κ2) is 16.6. The molecule has 0 aromatic rings. The summed E-state index contributed by atoms with van der Waals surface area (Å²) in [6, 6.07) is 0. The molecule has 0 bridgehead atoms. The van der Waals surface area contributed by atoms with Crippen LogP contribution in [0.25, 0.3) is 0 Å². The lowest BCUT2D eigenvalue weighted by Crippen LogP contribution is -2.06. The third kappa shape index (κ3) is 14.2. The topological polar surface area (TPSA) is 26.3 Å². The molecule has 2 nitrogen and oxygen atoms in total. The molecule has 0 aliphatic rings. The maximum absolute atomic E-state index is 11.6. The maximum Gasteiger partial charge on any atom is 0.333 e. The second-order valence-corrected chi connectivity index (χ2v) is 6.35. The van der Waals surface area contributed by atoms with Gasteiger partial charge < -0.3 is 4.74 Å². The van der Waals surface area contributed by atoms with Crippen LogP contribution in [0.3, 0.4) is 0 Å². The second-order valence-electron chi connectivity index (χ2n) is 6.35. The number of esters is 1. The lowest BCUT2D eigenvalue weighted by molar-refractivity contribution is -0.139. The minimum Gasteiger partial charge on any atom is -0.462 e. The minimum absolute atomic E-state index is 0.138. The molecule has 0 spiro atoms. The van der Waals surface area contributed by atoms with Gasteiger partial charge in [0.15, 0.2) is 0 Å². The van der Waals surface area contributed by atoms with Gasteiger partial charge in [-0.25, -0.2) is 4.79 Å². The molecular formula is C20H38O2. The molecule has 0 fully saturated rings. The van der Waals surface area contributed by atoms with Crippen LogP contribution in [-0.2, 0) is 9.53 Å². The molecule has 22 heavy (non-hydrogen) atoms. The molecule has 2 heteroatoms. The van der Waals surface area contributed by atoms with Gasteiger partial charge in [-0.1, -0.05) is 84.1 Å². The Morgan fingerprint density at radius 3 is 1.82 bits per heavy atom. The fourth-order valence-corrected chi connectivity index (χ4v) is 2.46. The third-order valence-corrected chi connectivity index (χ3v) is 4.06. The molecular weight excluding hydrogens is 272 g/mol. The Morgan fingerprint density at radius 2 is 1.27 bits per heavy atom. The van der Waals surface area contributed by atoms with Crippen LogP contribution >= 0.6 is 0 Å². The highest BCUT2D eigenvalue weighted by molar-refractivity contribution is 5.87. The van der Waals surface area contributed by atoms with Crippen LogP contribution in [0.1, 0.15) is 104 Å². The van der Waals surface area contributed by atoms with Crippen LogP contribution in [0.5, 0.6) is 0 Å². The summed E-state index contributed by atoms with van der Waals surface area (Å²) < 4.78 is 5.19. The highest BCUT2D eigenvalue weighted by atomic mass is 16.5. The Morgan fingerprint density at radius 1 is 0.773 bits per heavy atom. The molecule has 0 heterocycles. The van der Waals surface area contributed by atoms with Crippen molar-refractivity contribution in [2.45, 2.75) is 104 Å². The van der Waals surface area contributed by atoms with E-state index in [0.717, 1.165) is 24.8 Å². The Balaban J connectivity index is 3.39. The number of unbranched alkanes of at least 4 members (excludes halogenated alkanes) is 11. The monoisotopic (exact) mass is 310 g/mol. The number of carbonyl (C=O) groups excluding carboxylic acids is 1. The average Bonchev–Trinajstić information content (AvgIpc) is 2.52. The van der Waals surface area contributed by atoms with E-state index >= 15 is 0 Å². The van der Waals surface area contributed by atoms with E-state index in [0.29, 0.717) is 6.61 Å². The highest BCUT2D eigenvalue weighted by Gasteiger charge is 2.04. The quantitative estimate of drug-likeness (QED) is 0.194. The SMILES string of the molecule is CCCCCCCCCCCCC=C(C)C(=O)OCCCC. The van der Waals surface area contributed by atoms with Gasteiger partial charge >= 0.3 is 5.97 Å². The first-order chi connectivity index (χ1) is 10.7. The summed E-state index contributed by atoms with van der Waals surface area (Å²) in [6.45, 7) is 6.78. The van der Waals surface area contributed by atoms with Gasteiger partial charge in [0.25, 0.3) is 0 Å². The molecule has 0 N–H and O–H groups in total. The molecule has 0 aliphatic carbocycles. The Kier molecular flexibility index (Phi) is 16.0. The van der Waals surface area contributed by atoms with E-state index in [-0.39, 0.29) is 5.97 Å². The fraction of sp³-hybridized carbons (Fsp3) is 0.850. The first kappa shape index (κ1) is 21.2. The van der Waals surface area contributed by atoms with Crippen molar-refractivity contribution >= 4 is 5.97 Å². The number of rotatable bonds is 15. The lowest BCUT2D eigenvalue weighted by Gasteiger charge is -2.04. The van der Waals surface area contributed by atoms with Crippen molar-refractivity contribution in [3.8, 4) is 0 Å². The van der Waals surface area contributed by atoms with E-state index < -0.39 is 0 Å². The van der Waals surface area contributed by atoms with Crippen molar-refractivity contribution in [1.82, 2.24) is 0 Å². The number of allylic oxidation sites excluding steroid dienone is 1. The minimum atomic E-state index is -0.138. The van der Waals surface area contributed by atoms with E-state index in [1.807, 2.05) is 13.0 Å². The third-order valence-electron chi connectivity index (χ3n) is 4.06. The van der Waals surface area contributed by atoms with Gasteiger partial charge in [-0.05, 0) is 26.2 Å². The number of hydrogen-bond acceptors (Lipinski definition) is 2. The summed E-state index contributed by atoms with van der Waals surface area (Å²) in [5.74, 6) is -0.138. The van der Waals surface area contributed by atoms with Crippen molar-refractivity contribution < 1.29 is 9.53 Å². The van der Waals surface area contributed by atoms with Crippen LogP contribution in [0, 0.1) is 0 Å². The van der Waals surface area contributed by atoms with Crippen molar-refractivity contribution in [2.24, 2.45) is 0 Å². The molecule has 0 saturated heterocycles. The summed E-state index contributed by atoms with van der Waals surface area (Å²) in [4.78, 5) is 11.6. The van der Waals surface area contributed by atoms with Crippen molar-refractivity contribution in [3.05, 3.63) is 11.6 Å². The van der Waals surface area contributed by atoms with E-state index in [9.17, 15) is 4.79 Å². The average molecular weight is 311 g/mol. The van der Waals surface area contributed by atoms with E-state index in [2.05, 4.69) is 13.8 Å². The van der Waals surface area contributed by atoms with Crippen LogP contribution in [0.2, 0.25) is 0 Å². The largest absolute Gasteiger partial charge is 0.462 e. The normalized spacial score (nSPS) is 11.7. The molecule has 0 aliphatic heterocycles. The summed E-state index contributed by atoms with van der Waals surface area (Å²) in [5.41, 5.74) is 0.770. The van der Waals surface area contributed by atoms with Gasteiger partial charge in [-0.2, -0.15) is 0 Å². The van der Waals surface area contributed by atoms with Crippen molar-refractivity contribution in [3.63, 3.8) is 0 Å². The lowest BCUT2D eigenvalue weighted by atomic mass is 10.1. The zero-order valence-corrected chi connectivity index (χ0v) is 15.3. The molecule has 0 aromatic heterocycles. The van der Waals surface area contributed by atoms with Crippen LogP contribution in [0.15, 0.2) is 11.6 Å². The predicted molar refractivity (Wildman–Crippen MR) is 96.1 cm³/mol. The standard InChI is InChI=1S/C20H38O2/c1-4-6-8-9-10-11-12-13-14-15-16-17-19(3)20(21)22-18-7-5-2/h17H,4-16,18H2,1-3H3. The fourth-order valence-electron chi connectivity index (χ4n) is 2.46. The summed E-state index contributed by atoms with van der Waals surface area (Å²) in [7, 11) is 0. The zero-order valence-electron chi connectivity index (χ0n) is 15.3. The Bertz CT molecular complexity index is 281.